The number of amides is 3. The van der Waals surface area contributed by atoms with Crippen LogP contribution in [0.4, 0.5) is 10.5 Å². The molecule has 2 N–H and O–H groups in total. The summed E-state index contributed by atoms with van der Waals surface area (Å²) in [4.78, 5) is 42.6. The molecule has 8 nitrogen and oxygen atoms in total. The Labute approximate surface area is 239 Å². The molecule has 3 amide bonds. The van der Waals surface area contributed by atoms with E-state index in [0.717, 1.165) is 24.8 Å². The number of nitrogens with zero attached hydrogens (tertiary/aromatic N) is 1. The van der Waals surface area contributed by atoms with Crippen LogP contribution in [0, 0.1) is 12.8 Å². The van der Waals surface area contributed by atoms with Crippen LogP contribution in [0.5, 0.6) is 5.75 Å². The molecule has 2 aromatic carbocycles. The molecule has 0 aliphatic heterocycles. The number of benzene rings is 2. The molecule has 40 heavy (non-hydrogen) atoms. The Morgan fingerprint density at radius 3 is 2.10 bits per heavy atom. The molecule has 0 aliphatic rings. The van der Waals surface area contributed by atoms with Gasteiger partial charge >= 0.3 is 6.09 Å². The van der Waals surface area contributed by atoms with Gasteiger partial charge in [-0.3, -0.25) is 9.59 Å². The molecule has 8 heteroatoms. The van der Waals surface area contributed by atoms with Crippen molar-refractivity contribution < 1.29 is 23.9 Å². The summed E-state index contributed by atoms with van der Waals surface area (Å²) >= 11 is 0. The van der Waals surface area contributed by atoms with Crippen molar-refractivity contribution in [2.75, 3.05) is 19.0 Å². The van der Waals surface area contributed by atoms with Gasteiger partial charge in [0.05, 0.1) is 7.11 Å². The number of methoxy groups -OCH3 is 1. The molecule has 0 radical (unpaired) electrons. The van der Waals surface area contributed by atoms with E-state index in [-0.39, 0.29) is 17.7 Å². The van der Waals surface area contributed by atoms with Gasteiger partial charge in [-0.05, 0) is 76.3 Å². The predicted octanol–water partition coefficient (Wildman–Crippen LogP) is 6.64. The molecule has 0 bridgehead atoms. The zero-order valence-electron chi connectivity index (χ0n) is 25.4. The van der Waals surface area contributed by atoms with E-state index >= 15 is 0 Å². The number of carbonyl (C=O) groups excluding carboxylic acids is 3. The van der Waals surface area contributed by atoms with Crippen molar-refractivity contribution >= 4 is 23.6 Å². The van der Waals surface area contributed by atoms with Crippen molar-refractivity contribution in [3.63, 3.8) is 0 Å². The van der Waals surface area contributed by atoms with Crippen molar-refractivity contribution in [2.45, 2.75) is 91.8 Å². The molecule has 2 atom stereocenters. The number of anilines is 1. The van der Waals surface area contributed by atoms with E-state index in [9.17, 15) is 14.4 Å². The third kappa shape index (κ3) is 10.5. The fourth-order valence-corrected chi connectivity index (χ4v) is 4.35. The van der Waals surface area contributed by atoms with Crippen molar-refractivity contribution in [1.29, 1.82) is 0 Å². The molecule has 2 rings (SSSR count). The van der Waals surface area contributed by atoms with E-state index in [1.54, 1.807) is 57.0 Å². The molecule has 2 unspecified atom stereocenters. The number of unbranched alkanes of at least 4 members (excludes halogenated alkanes) is 2. The minimum atomic E-state index is -0.901. The first-order valence-electron chi connectivity index (χ1n) is 14.2. The topological polar surface area (TPSA) is 97.0 Å². The van der Waals surface area contributed by atoms with Gasteiger partial charge in [-0.25, -0.2) is 4.79 Å². The molecule has 0 aromatic heterocycles. The SMILES string of the molecule is CCCCCN(C(=O)C(CC(C)C)NC(=O)OC(C)(C)C)C(C(=O)Nc1ccc(OC)cc1)c1ccc(C)cc1. The summed E-state index contributed by atoms with van der Waals surface area (Å²) in [6.45, 7) is 13.7. The molecule has 2 aromatic rings. The molecule has 0 fully saturated rings. The molecule has 0 saturated carbocycles. The zero-order chi connectivity index (χ0) is 29.9. The molecular formula is C32H47N3O5. The lowest BCUT2D eigenvalue weighted by Crippen LogP contribution is -2.53. The lowest BCUT2D eigenvalue weighted by atomic mass is 9.98. The Morgan fingerprint density at radius 1 is 0.950 bits per heavy atom. The van der Waals surface area contributed by atoms with Gasteiger partial charge in [-0.1, -0.05) is 63.4 Å². The van der Waals surface area contributed by atoms with Crippen LogP contribution >= 0.6 is 0 Å². The average molecular weight is 554 g/mol. The highest BCUT2D eigenvalue weighted by atomic mass is 16.6. The summed E-state index contributed by atoms with van der Waals surface area (Å²) in [5.74, 6) is 0.145. The lowest BCUT2D eigenvalue weighted by Gasteiger charge is -2.35. The maximum atomic E-state index is 14.3. The molecule has 0 spiro atoms. The molecule has 0 aliphatic carbocycles. The number of carbonyl (C=O) groups is 3. The first-order valence-corrected chi connectivity index (χ1v) is 14.2. The summed E-state index contributed by atoms with van der Waals surface area (Å²) in [7, 11) is 1.58. The molecule has 220 valence electrons. The number of hydrogen-bond donors (Lipinski definition) is 2. The van der Waals surface area contributed by atoms with Crippen LogP contribution < -0.4 is 15.4 Å². The Balaban J connectivity index is 2.51. The van der Waals surface area contributed by atoms with Gasteiger partial charge in [-0.2, -0.15) is 0 Å². The first-order chi connectivity index (χ1) is 18.8. The number of aryl methyl sites for hydroxylation is 1. The lowest BCUT2D eigenvalue weighted by molar-refractivity contribution is -0.141. The van der Waals surface area contributed by atoms with Crippen molar-refractivity contribution in [1.82, 2.24) is 10.2 Å². The van der Waals surface area contributed by atoms with Crippen LogP contribution in [-0.2, 0) is 14.3 Å². The van der Waals surface area contributed by atoms with E-state index in [2.05, 4.69) is 17.6 Å². The third-order valence-corrected chi connectivity index (χ3v) is 6.29. The van der Waals surface area contributed by atoms with Crippen LogP contribution in [0.3, 0.4) is 0 Å². The Kier molecular flexibility index (Phi) is 12.5. The first kappa shape index (κ1) is 32.7. The highest BCUT2D eigenvalue weighted by Crippen LogP contribution is 2.27. The van der Waals surface area contributed by atoms with Crippen LogP contribution in [-0.4, -0.2) is 48.1 Å². The van der Waals surface area contributed by atoms with E-state index in [1.165, 1.54) is 0 Å². The van der Waals surface area contributed by atoms with E-state index in [0.29, 0.717) is 30.0 Å². The standard InChI is InChI=1S/C32H47N3O5/c1-9-10-11-20-35(30(37)27(21-22(2)3)34-31(38)40-32(5,6)7)28(24-14-12-23(4)13-15-24)29(36)33-25-16-18-26(39-8)19-17-25/h12-19,22,27-28H,9-11,20-21H2,1-8H3,(H,33,36)(H,34,38). The number of nitrogens with one attached hydrogen (secondary N) is 2. The Hall–Kier alpha value is -3.55. The number of hydrogen-bond acceptors (Lipinski definition) is 5. The quantitative estimate of drug-likeness (QED) is 0.271. The van der Waals surface area contributed by atoms with Gasteiger partial charge in [-0.15, -0.1) is 0 Å². The third-order valence-electron chi connectivity index (χ3n) is 6.29. The second kappa shape index (κ2) is 15.3. The highest BCUT2D eigenvalue weighted by molar-refractivity contribution is 5.99. The number of alkyl carbamates (subject to hydrolysis) is 1. The van der Waals surface area contributed by atoms with Gasteiger partial charge in [0, 0.05) is 12.2 Å². The Bertz CT molecular complexity index is 1090. The molecule has 0 saturated heterocycles. The van der Waals surface area contributed by atoms with Crippen molar-refractivity contribution in [3.05, 3.63) is 59.7 Å². The van der Waals surface area contributed by atoms with Gasteiger partial charge in [0.1, 0.15) is 23.4 Å². The second-order valence-corrected chi connectivity index (χ2v) is 11.6. The van der Waals surface area contributed by atoms with E-state index in [4.69, 9.17) is 9.47 Å². The van der Waals surface area contributed by atoms with Crippen molar-refractivity contribution in [3.8, 4) is 5.75 Å². The van der Waals surface area contributed by atoms with Gasteiger partial charge in [0.25, 0.3) is 5.91 Å². The van der Waals surface area contributed by atoms with E-state index < -0.39 is 23.8 Å². The Morgan fingerprint density at radius 2 is 1.57 bits per heavy atom. The smallest absolute Gasteiger partial charge is 0.408 e. The monoisotopic (exact) mass is 553 g/mol. The van der Waals surface area contributed by atoms with Gasteiger partial charge < -0.3 is 25.0 Å². The summed E-state index contributed by atoms with van der Waals surface area (Å²) < 4.78 is 10.7. The summed E-state index contributed by atoms with van der Waals surface area (Å²) in [6, 6.07) is 12.9. The van der Waals surface area contributed by atoms with Crippen LogP contribution in [0.25, 0.3) is 0 Å². The summed E-state index contributed by atoms with van der Waals surface area (Å²) in [5.41, 5.74) is 1.63. The van der Waals surface area contributed by atoms with Crippen LogP contribution in [0.1, 0.15) is 84.4 Å². The number of rotatable bonds is 13. The maximum absolute atomic E-state index is 14.3. The van der Waals surface area contributed by atoms with Gasteiger partial charge in [0.15, 0.2) is 0 Å². The summed E-state index contributed by atoms with van der Waals surface area (Å²) in [5, 5.41) is 5.78. The minimum Gasteiger partial charge on any atom is -0.497 e. The number of ether oxygens (including phenoxy) is 2. The van der Waals surface area contributed by atoms with E-state index in [1.807, 2.05) is 45.0 Å². The van der Waals surface area contributed by atoms with Crippen molar-refractivity contribution in [2.24, 2.45) is 5.92 Å². The van der Waals surface area contributed by atoms with Crippen LogP contribution in [0.2, 0.25) is 0 Å². The average Bonchev–Trinajstić information content (AvgIpc) is 2.87. The highest BCUT2D eigenvalue weighted by Gasteiger charge is 2.36. The largest absolute Gasteiger partial charge is 0.497 e. The summed E-state index contributed by atoms with van der Waals surface area (Å²) in [6.07, 6.45) is 2.33. The fraction of sp³-hybridized carbons (Fsp3) is 0.531. The second-order valence-electron chi connectivity index (χ2n) is 11.6. The normalized spacial score (nSPS) is 12.8. The van der Waals surface area contributed by atoms with Crippen LogP contribution in [0.15, 0.2) is 48.5 Å². The maximum Gasteiger partial charge on any atom is 0.408 e. The molecule has 0 heterocycles. The zero-order valence-corrected chi connectivity index (χ0v) is 25.4. The minimum absolute atomic E-state index is 0.118. The predicted molar refractivity (Wildman–Crippen MR) is 159 cm³/mol. The molecular weight excluding hydrogens is 506 g/mol. The fourth-order valence-electron chi connectivity index (χ4n) is 4.35. The van der Waals surface area contributed by atoms with Gasteiger partial charge in [0.2, 0.25) is 5.91 Å².